The van der Waals surface area contributed by atoms with Gasteiger partial charge in [-0.15, -0.1) is 6.58 Å². The molecule has 0 fully saturated rings. The average molecular weight is 188 g/mol. The lowest BCUT2D eigenvalue weighted by Gasteiger charge is -2.11. The van der Waals surface area contributed by atoms with Crippen LogP contribution in [0.1, 0.15) is 5.56 Å². The maximum atomic E-state index is 4.18. The van der Waals surface area contributed by atoms with Gasteiger partial charge in [-0.25, -0.2) is 0 Å². The van der Waals surface area contributed by atoms with Crippen molar-refractivity contribution in [2.45, 2.75) is 0 Å². The second-order valence-electron chi connectivity index (χ2n) is 3.27. The Morgan fingerprint density at radius 3 is 2.43 bits per heavy atom. The number of hydrogen-bond donors (Lipinski definition) is 0. The summed E-state index contributed by atoms with van der Waals surface area (Å²) in [5.41, 5.74) is 2.32. The first-order valence-electron chi connectivity index (χ1n) is 4.62. The molecule has 0 aromatic heterocycles. The van der Waals surface area contributed by atoms with Gasteiger partial charge in [0.1, 0.15) is 0 Å². The molecule has 2 nitrogen and oxygen atoms in total. The van der Waals surface area contributed by atoms with Crippen molar-refractivity contribution in [3.05, 3.63) is 42.5 Å². The van der Waals surface area contributed by atoms with E-state index >= 15 is 0 Å². The van der Waals surface area contributed by atoms with Crippen molar-refractivity contribution in [3.8, 4) is 0 Å². The minimum Gasteiger partial charge on any atom is -0.378 e. The van der Waals surface area contributed by atoms with Crippen molar-refractivity contribution < 1.29 is 0 Å². The Hall–Kier alpha value is -1.57. The van der Waals surface area contributed by atoms with Crippen molar-refractivity contribution in [3.63, 3.8) is 0 Å². The minimum atomic E-state index is 0.676. The molecule has 2 heteroatoms. The Morgan fingerprint density at radius 2 is 1.93 bits per heavy atom. The van der Waals surface area contributed by atoms with Crippen LogP contribution in [0, 0.1) is 0 Å². The van der Waals surface area contributed by atoms with E-state index in [4.69, 9.17) is 0 Å². The largest absolute Gasteiger partial charge is 0.378 e. The molecule has 0 saturated heterocycles. The zero-order valence-electron chi connectivity index (χ0n) is 8.77. The highest BCUT2D eigenvalue weighted by Gasteiger charge is 1.93. The Morgan fingerprint density at radius 1 is 1.29 bits per heavy atom. The normalized spacial score (nSPS) is 10.4. The summed E-state index contributed by atoms with van der Waals surface area (Å²) >= 11 is 0. The molecule has 74 valence electrons. The van der Waals surface area contributed by atoms with Crippen LogP contribution in [0.2, 0.25) is 0 Å². The third-order valence-electron chi connectivity index (χ3n) is 1.88. The summed E-state index contributed by atoms with van der Waals surface area (Å²) in [7, 11) is 4.06. The van der Waals surface area contributed by atoms with Crippen LogP contribution in [0.3, 0.4) is 0 Å². The van der Waals surface area contributed by atoms with Crippen LogP contribution >= 0.6 is 0 Å². The first-order valence-corrected chi connectivity index (χ1v) is 4.62. The summed E-state index contributed by atoms with van der Waals surface area (Å²) in [6.07, 6.45) is 3.64. The zero-order chi connectivity index (χ0) is 10.4. The van der Waals surface area contributed by atoms with Crippen LogP contribution in [0.25, 0.3) is 0 Å². The van der Waals surface area contributed by atoms with Gasteiger partial charge in [-0.05, 0) is 17.7 Å². The molecule has 14 heavy (non-hydrogen) atoms. The molecule has 1 rings (SSSR count). The number of aliphatic imine (C=N–C) groups is 1. The predicted octanol–water partition coefficient (Wildman–Crippen LogP) is 2.36. The van der Waals surface area contributed by atoms with Gasteiger partial charge in [0.2, 0.25) is 0 Å². The van der Waals surface area contributed by atoms with Crippen LogP contribution in [0.5, 0.6) is 0 Å². The molecular formula is C12H16N2. The van der Waals surface area contributed by atoms with E-state index in [2.05, 4.69) is 40.7 Å². The second kappa shape index (κ2) is 5.22. The van der Waals surface area contributed by atoms with E-state index in [0.29, 0.717) is 6.54 Å². The monoisotopic (exact) mass is 188 g/mol. The summed E-state index contributed by atoms with van der Waals surface area (Å²) in [6, 6.07) is 8.27. The first kappa shape index (κ1) is 10.5. The van der Waals surface area contributed by atoms with Gasteiger partial charge in [-0.2, -0.15) is 0 Å². The summed E-state index contributed by atoms with van der Waals surface area (Å²) < 4.78 is 0. The molecule has 0 aliphatic heterocycles. The summed E-state index contributed by atoms with van der Waals surface area (Å²) in [6.45, 7) is 4.28. The molecule has 0 spiro atoms. The zero-order valence-corrected chi connectivity index (χ0v) is 8.77. The molecular weight excluding hydrogens is 172 g/mol. The molecule has 0 aliphatic rings. The highest BCUT2D eigenvalue weighted by molar-refractivity contribution is 5.80. The van der Waals surface area contributed by atoms with Gasteiger partial charge < -0.3 is 4.90 Å². The van der Waals surface area contributed by atoms with Crippen LogP contribution in [-0.4, -0.2) is 26.9 Å². The lowest BCUT2D eigenvalue weighted by atomic mass is 10.2. The predicted molar refractivity (Wildman–Crippen MR) is 63.4 cm³/mol. The summed E-state index contributed by atoms with van der Waals surface area (Å²) in [5, 5.41) is 0. The molecule has 0 heterocycles. The van der Waals surface area contributed by atoms with E-state index in [-0.39, 0.29) is 0 Å². The van der Waals surface area contributed by atoms with E-state index in [1.54, 1.807) is 6.08 Å². The third-order valence-corrected chi connectivity index (χ3v) is 1.88. The lowest BCUT2D eigenvalue weighted by Crippen LogP contribution is -2.08. The Balaban J connectivity index is 2.68. The van der Waals surface area contributed by atoms with Crippen molar-refractivity contribution in [2.24, 2.45) is 4.99 Å². The quantitative estimate of drug-likeness (QED) is 0.523. The van der Waals surface area contributed by atoms with Crippen LogP contribution in [-0.2, 0) is 0 Å². The summed E-state index contributed by atoms with van der Waals surface area (Å²) in [5.74, 6) is 0. The topological polar surface area (TPSA) is 15.6 Å². The molecule has 0 amide bonds. The number of hydrogen-bond acceptors (Lipinski definition) is 2. The van der Waals surface area contributed by atoms with E-state index in [1.807, 2.05) is 20.3 Å². The average Bonchev–Trinajstić information content (AvgIpc) is 2.19. The molecule has 1 aromatic rings. The van der Waals surface area contributed by atoms with Crippen molar-refractivity contribution in [1.82, 2.24) is 0 Å². The maximum absolute atomic E-state index is 4.18. The van der Waals surface area contributed by atoms with Crippen molar-refractivity contribution in [1.29, 1.82) is 0 Å². The fraction of sp³-hybridized carbons (Fsp3) is 0.250. The molecule has 0 saturated carbocycles. The Labute approximate surface area is 85.6 Å². The number of nitrogens with zero attached hydrogens (tertiary/aromatic N) is 2. The van der Waals surface area contributed by atoms with Gasteiger partial charge in [0.25, 0.3) is 0 Å². The fourth-order valence-corrected chi connectivity index (χ4v) is 1.09. The maximum Gasteiger partial charge on any atom is 0.0567 e. The van der Waals surface area contributed by atoms with Crippen LogP contribution in [0.15, 0.2) is 41.9 Å². The van der Waals surface area contributed by atoms with Gasteiger partial charge >= 0.3 is 0 Å². The smallest absolute Gasteiger partial charge is 0.0567 e. The van der Waals surface area contributed by atoms with Gasteiger partial charge in [0.05, 0.1) is 6.54 Å². The summed E-state index contributed by atoms with van der Waals surface area (Å²) in [4.78, 5) is 6.25. The SMILES string of the molecule is C=CCN=Cc1ccc(N(C)C)cc1. The third kappa shape index (κ3) is 3.05. The van der Waals surface area contributed by atoms with E-state index < -0.39 is 0 Å². The number of rotatable bonds is 4. The van der Waals surface area contributed by atoms with E-state index in [1.165, 1.54) is 5.69 Å². The molecule has 0 atom stereocenters. The van der Waals surface area contributed by atoms with Gasteiger partial charge in [0.15, 0.2) is 0 Å². The van der Waals surface area contributed by atoms with Gasteiger partial charge in [-0.3, -0.25) is 4.99 Å². The molecule has 0 aliphatic carbocycles. The molecule has 0 bridgehead atoms. The number of benzene rings is 1. The number of anilines is 1. The first-order chi connectivity index (χ1) is 6.74. The Bertz CT molecular complexity index is 310. The highest BCUT2D eigenvalue weighted by atomic mass is 15.1. The molecule has 0 N–H and O–H groups in total. The van der Waals surface area contributed by atoms with Crippen LogP contribution in [0.4, 0.5) is 5.69 Å². The standard InChI is InChI=1S/C12H16N2/c1-4-9-13-10-11-5-7-12(8-6-11)14(2)3/h4-8,10H,1,9H2,2-3H3. The van der Waals surface area contributed by atoms with Gasteiger partial charge in [0, 0.05) is 26.0 Å². The molecule has 0 unspecified atom stereocenters. The molecule has 1 aromatic carbocycles. The van der Waals surface area contributed by atoms with Gasteiger partial charge in [-0.1, -0.05) is 18.2 Å². The van der Waals surface area contributed by atoms with Crippen molar-refractivity contribution in [2.75, 3.05) is 25.5 Å². The fourth-order valence-electron chi connectivity index (χ4n) is 1.09. The lowest BCUT2D eigenvalue weighted by molar-refractivity contribution is 1.13. The second-order valence-corrected chi connectivity index (χ2v) is 3.27. The van der Waals surface area contributed by atoms with Crippen LogP contribution < -0.4 is 4.90 Å². The van der Waals surface area contributed by atoms with E-state index in [9.17, 15) is 0 Å². The molecule has 0 radical (unpaired) electrons. The van der Waals surface area contributed by atoms with Crippen molar-refractivity contribution >= 4 is 11.9 Å². The minimum absolute atomic E-state index is 0.676. The highest BCUT2D eigenvalue weighted by Crippen LogP contribution is 2.10. The van der Waals surface area contributed by atoms with E-state index in [0.717, 1.165) is 5.56 Å². The Kier molecular flexibility index (Phi) is 3.92.